The van der Waals surface area contributed by atoms with Crippen LogP contribution in [0.25, 0.3) is 0 Å². The Labute approximate surface area is 110 Å². The number of carbonyl (C=O) groups is 1. The monoisotopic (exact) mass is 248 g/mol. The summed E-state index contributed by atoms with van der Waals surface area (Å²) >= 11 is 0. The Morgan fingerprint density at radius 2 is 1.67 bits per heavy atom. The average molecular weight is 248 g/mol. The van der Waals surface area contributed by atoms with Crippen LogP contribution in [0.2, 0.25) is 0 Å². The smallest absolute Gasteiger partial charge is 0.139 e. The van der Waals surface area contributed by atoms with E-state index in [1.165, 1.54) is 0 Å². The van der Waals surface area contributed by atoms with Crippen molar-refractivity contribution in [3.05, 3.63) is 29.8 Å². The maximum absolute atomic E-state index is 11.6. The Hall–Kier alpha value is -1.31. The molecule has 1 aromatic rings. The lowest BCUT2D eigenvalue weighted by molar-refractivity contribution is -0.121. The summed E-state index contributed by atoms with van der Waals surface area (Å²) in [7, 11) is 0. The first-order chi connectivity index (χ1) is 8.41. The van der Waals surface area contributed by atoms with Crippen LogP contribution in [0.4, 0.5) is 0 Å². The molecule has 2 nitrogen and oxygen atoms in total. The lowest BCUT2D eigenvalue weighted by Crippen LogP contribution is -2.26. The van der Waals surface area contributed by atoms with E-state index in [9.17, 15) is 4.79 Å². The molecule has 0 aliphatic rings. The number of hydrogen-bond donors (Lipinski definition) is 0. The molecule has 2 heteroatoms. The molecule has 100 valence electrons. The molecule has 0 spiro atoms. The van der Waals surface area contributed by atoms with Crippen LogP contribution in [0, 0.1) is 0 Å². The van der Waals surface area contributed by atoms with Crippen molar-refractivity contribution in [3.63, 3.8) is 0 Å². The van der Waals surface area contributed by atoms with Crippen molar-refractivity contribution < 1.29 is 9.53 Å². The predicted octanol–water partition coefficient (Wildman–Crippen LogP) is 4.12. The molecule has 18 heavy (non-hydrogen) atoms. The largest absolute Gasteiger partial charge is 0.490 e. The van der Waals surface area contributed by atoms with Gasteiger partial charge in [0.1, 0.15) is 11.5 Å². The van der Waals surface area contributed by atoms with E-state index in [1.807, 2.05) is 38.1 Å². The highest BCUT2D eigenvalue weighted by molar-refractivity contribution is 5.87. The zero-order valence-electron chi connectivity index (χ0n) is 12.1. The van der Waals surface area contributed by atoms with Crippen LogP contribution in [-0.4, -0.2) is 11.9 Å². The van der Waals surface area contributed by atoms with E-state index in [2.05, 4.69) is 13.8 Å². The first-order valence-electron chi connectivity index (χ1n) is 6.70. The van der Waals surface area contributed by atoms with Crippen molar-refractivity contribution in [2.24, 2.45) is 0 Å². The van der Waals surface area contributed by atoms with Crippen LogP contribution in [0.5, 0.6) is 5.75 Å². The predicted molar refractivity (Wildman–Crippen MR) is 75.1 cm³/mol. The third-order valence-electron chi connectivity index (χ3n) is 3.67. The number of benzene rings is 1. The van der Waals surface area contributed by atoms with E-state index in [-0.39, 0.29) is 11.9 Å². The minimum Gasteiger partial charge on any atom is -0.490 e. The number of hydrogen-bond acceptors (Lipinski definition) is 2. The summed E-state index contributed by atoms with van der Waals surface area (Å²) in [4.78, 5) is 11.6. The molecule has 0 aliphatic carbocycles. The topological polar surface area (TPSA) is 26.3 Å². The summed E-state index contributed by atoms with van der Waals surface area (Å²) < 4.78 is 5.86. The SMILES string of the molecule is CCC(CC)Oc1ccc(C(C)(C)C(C)=O)cc1. The third-order valence-corrected chi connectivity index (χ3v) is 3.67. The van der Waals surface area contributed by atoms with E-state index in [0.29, 0.717) is 0 Å². The maximum Gasteiger partial charge on any atom is 0.139 e. The quantitative estimate of drug-likeness (QED) is 0.757. The first kappa shape index (κ1) is 14.7. The number of carbonyl (C=O) groups excluding carboxylic acids is 1. The van der Waals surface area contributed by atoms with Gasteiger partial charge in [-0.15, -0.1) is 0 Å². The van der Waals surface area contributed by atoms with Crippen molar-refractivity contribution in [1.82, 2.24) is 0 Å². The highest BCUT2D eigenvalue weighted by Gasteiger charge is 2.25. The second-order valence-electron chi connectivity index (χ2n) is 5.26. The maximum atomic E-state index is 11.6. The molecule has 0 bridgehead atoms. The van der Waals surface area contributed by atoms with Crippen LogP contribution >= 0.6 is 0 Å². The van der Waals surface area contributed by atoms with Gasteiger partial charge in [0.2, 0.25) is 0 Å². The second kappa shape index (κ2) is 6.03. The Morgan fingerprint density at radius 1 is 1.17 bits per heavy atom. The van der Waals surface area contributed by atoms with Crippen LogP contribution < -0.4 is 4.74 Å². The van der Waals surface area contributed by atoms with Gasteiger partial charge < -0.3 is 4.74 Å². The van der Waals surface area contributed by atoms with Gasteiger partial charge in [0.15, 0.2) is 0 Å². The molecule has 0 aromatic heterocycles. The van der Waals surface area contributed by atoms with Crippen molar-refractivity contribution in [3.8, 4) is 5.75 Å². The summed E-state index contributed by atoms with van der Waals surface area (Å²) in [5, 5.41) is 0. The first-order valence-corrected chi connectivity index (χ1v) is 6.70. The molecule has 0 amide bonds. The van der Waals surface area contributed by atoms with Gasteiger partial charge in [-0.05, 0) is 51.3 Å². The molecule has 0 heterocycles. The highest BCUT2D eigenvalue weighted by atomic mass is 16.5. The van der Waals surface area contributed by atoms with Gasteiger partial charge in [0.05, 0.1) is 6.10 Å². The zero-order valence-corrected chi connectivity index (χ0v) is 12.1. The van der Waals surface area contributed by atoms with Crippen molar-refractivity contribution in [1.29, 1.82) is 0 Å². The van der Waals surface area contributed by atoms with Crippen molar-refractivity contribution in [2.45, 2.75) is 59.0 Å². The summed E-state index contributed by atoms with van der Waals surface area (Å²) in [5.74, 6) is 1.06. The fraction of sp³-hybridized carbons (Fsp3) is 0.562. The van der Waals surface area contributed by atoms with Crippen molar-refractivity contribution in [2.75, 3.05) is 0 Å². The Kier molecular flexibility index (Phi) is 4.94. The van der Waals surface area contributed by atoms with Gasteiger partial charge in [-0.1, -0.05) is 26.0 Å². The molecule has 1 rings (SSSR count). The average Bonchev–Trinajstić information content (AvgIpc) is 2.36. The molecular formula is C16H24O2. The van der Waals surface area contributed by atoms with Gasteiger partial charge >= 0.3 is 0 Å². The van der Waals surface area contributed by atoms with Crippen LogP contribution in [-0.2, 0) is 10.2 Å². The normalized spacial score (nSPS) is 11.7. The van der Waals surface area contributed by atoms with Gasteiger partial charge in [-0.3, -0.25) is 4.79 Å². The molecule has 0 saturated heterocycles. The van der Waals surface area contributed by atoms with Crippen molar-refractivity contribution >= 4 is 5.78 Å². The number of ketones is 1. The fourth-order valence-corrected chi connectivity index (χ4v) is 1.80. The molecule has 0 unspecified atom stereocenters. The summed E-state index contributed by atoms with van der Waals surface area (Å²) in [6.45, 7) is 9.79. The lowest BCUT2D eigenvalue weighted by Gasteiger charge is -2.22. The van der Waals surface area contributed by atoms with Crippen LogP contribution in [0.1, 0.15) is 53.0 Å². The van der Waals surface area contributed by atoms with E-state index < -0.39 is 5.41 Å². The number of Topliss-reactive ketones (excluding diaryl/α,β-unsaturated/α-hetero) is 1. The van der Waals surface area contributed by atoms with E-state index in [0.717, 1.165) is 24.2 Å². The summed E-state index contributed by atoms with van der Waals surface area (Å²) in [6.07, 6.45) is 2.30. The molecule has 0 aliphatic heterocycles. The summed E-state index contributed by atoms with van der Waals surface area (Å²) in [6, 6.07) is 7.88. The fourth-order valence-electron chi connectivity index (χ4n) is 1.80. The Bertz CT molecular complexity index is 386. The van der Waals surface area contributed by atoms with E-state index in [1.54, 1.807) is 6.92 Å². The van der Waals surface area contributed by atoms with E-state index in [4.69, 9.17) is 4.74 Å². The number of rotatable bonds is 6. The molecular weight excluding hydrogens is 224 g/mol. The minimum absolute atomic E-state index is 0.177. The highest BCUT2D eigenvalue weighted by Crippen LogP contribution is 2.26. The van der Waals surface area contributed by atoms with Gasteiger partial charge in [-0.25, -0.2) is 0 Å². The number of ether oxygens (including phenoxy) is 1. The summed E-state index contributed by atoms with van der Waals surface area (Å²) in [5.41, 5.74) is 0.611. The zero-order chi connectivity index (χ0) is 13.8. The lowest BCUT2D eigenvalue weighted by atomic mass is 9.81. The molecule has 0 N–H and O–H groups in total. The van der Waals surface area contributed by atoms with Crippen LogP contribution in [0.15, 0.2) is 24.3 Å². The minimum atomic E-state index is -0.423. The molecule has 0 radical (unpaired) electrons. The van der Waals surface area contributed by atoms with Gasteiger partial charge in [-0.2, -0.15) is 0 Å². The van der Waals surface area contributed by atoms with Crippen LogP contribution in [0.3, 0.4) is 0 Å². The molecule has 0 saturated carbocycles. The standard InChI is InChI=1S/C16H24O2/c1-6-14(7-2)18-15-10-8-13(9-11-15)16(4,5)12(3)17/h8-11,14H,6-7H2,1-5H3. The second-order valence-corrected chi connectivity index (χ2v) is 5.26. The Balaban J connectivity index is 2.83. The van der Waals surface area contributed by atoms with E-state index >= 15 is 0 Å². The van der Waals surface area contributed by atoms with Gasteiger partial charge in [0, 0.05) is 5.41 Å². The van der Waals surface area contributed by atoms with Gasteiger partial charge in [0.25, 0.3) is 0 Å². The third kappa shape index (κ3) is 3.34. The molecule has 0 atom stereocenters. The molecule has 0 fully saturated rings. The molecule has 1 aromatic carbocycles. The Morgan fingerprint density at radius 3 is 2.06 bits per heavy atom.